The zero-order valence-corrected chi connectivity index (χ0v) is 11.0. The van der Waals surface area contributed by atoms with E-state index in [0.29, 0.717) is 0 Å². The van der Waals surface area contributed by atoms with E-state index in [9.17, 15) is 0 Å². The lowest BCUT2D eigenvalue weighted by molar-refractivity contribution is 0.327. The fourth-order valence-electron chi connectivity index (χ4n) is 2.96. The molecule has 1 aliphatic heterocycles. The zero-order chi connectivity index (χ0) is 12.2. The number of likely N-dealkylation sites (tertiary alicyclic amines) is 1. The van der Waals surface area contributed by atoms with Crippen molar-refractivity contribution in [2.24, 2.45) is 0 Å². The van der Waals surface area contributed by atoms with Crippen LogP contribution in [-0.4, -0.2) is 29.1 Å². The molecule has 1 aromatic carbocycles. The van der Waals surface area contributed by atoms with Crippen LogP contribution in [0.2, 0.25) is 0 Å². The van der Waals surface area contributed by atoms with Crippen molar-refractivity contribution in [1.82, 2.24) is 9.47 Å². The van der Waals surface area contributed by atoms with Gasteiger partial charge in [0, 0.05) is 18.3 Å². The summed E-state index contributed by atoms with van der Waals surface area (Å²) in [6.45, 7) is 5.10. The van der Waals surface area contributed by atoms with Crippen LogP contribution in [0.15, 0.2) is 36.5 Å². The van der Waals surface area contributed by atoms with Crippen LogP contribution in [0, 0.1) is 0 Å². The summed E-state index contributed by atoms with van der Waals surface area (Å²) >= 11 is 0. The third-order valence-corrected chi connectivity index (χ3v) is 4.00. The Labute approximate surface area is 109 Å². The van der Waals surface area contributed by atoms with E-state index in [0.717, 1.165) is 6.54 Å². The quantitative estimate of drug-likeness (QED) is 0.728. The summed E-state index contributed by atoms with van der Waals surface area (Å²) in [5.74, 6) is 0. The third kappa shape index (κ3) is 2.59. The fraction of sp³-hybridized carbons (Fsp3) is 0.500. The molecule has 1 fully saturated rings. The largest absolute Gasteiger partial charge is 0.347 e. The molecule has 0 radical (unpaired) electrons. The summed E-state index contributed by atoms with van der Waals surface area (Å²) in [6.07, 6.45) is 7.65. The van der Waals surface area contributed by atoms with Crippen molar-refractivity contribution in [3.63, 3.8) is 0 Å². The smallest absolute Gasteiger partial charge is 0.0480 e. The molecule has 0 saturated carbocycles. The molecule has 1 saturated heterocycles. The maximum absolute atomic E-state index is 2.60. The molecule has 0 spiro atoms. The topological polar surface area (TPSA) is 8.17 Å². The first-order valence-corrected chi connectivity index (χ1v) is 7.20. The number of benzene rings is 1. The van der Waals surface area contributed by atoms with Gasteiger partial charge in [-0.2, -0.15) is 0 Å². The molecule has 0 unspecified atom stereocenters. The van der Waals surface area contributed by atoms with Crippen LogP contribution in [0.4, 0.5) is 0 Å². The average molecular weight is 242 g/mol. The number of aromatic nitrogens is 1. The Hall–Kier alpha value is -1.28. The van der Waals surface area contributed by atoms with Crippen molar-refractivity contribution in [3.8, 4) is 0 Å². The highest BCUT2D eigenvalue weighted by molar-refractivity contribution is 5.79. The molecular formula is C16H22N2. The van der Waals surface area contributed by atoms with E-state index in [1.807, 2.05) is 0 Å². The first kappa shape index (κ1) is 11.8. The molecule has 2 heterocycles. The standard InChI is InChI=1S/C16H22N2/c1-2-8-16-15(7-1)9-14-18(16)13-6-5-12-17-10-3-4-11-17/h1-2,7-9,14H,3-6,10-13H2. The normalized spacial score (nSPS) is 16.7. The van der Waals surface area contributed by atoms with Crippen LogP contribution in [-0.2, 0) is 6.54 Å². The first-order valence-electron chi connectivity index (χ1n) is 7.20. The molecule has 0 N–H and O–H groups in total. The van der Waals surface area contributed by atoms with Gasteiger partial charge < -0.3 is 9.47 Å². The minimum absolute atomic E-state index is 1.15. The Morgan fingerprint density at radius 3 is 2.56 bits per heavy atom. The Morgan fingerprint density at radius 1 is 0.889 bits per heavy atom. The predicted molar refractivity (Wildman–Crippen MR) is 76.8 cm³/mol. The summed E-state index contributed by atoms with van der Waals surface area (Å²) in [6, 6.07) is 10.9. The van der Waals surface area contributed by atoms with Gasteiger partial charge in [-0.05, 0) is 62.8 Å². The van der Waals surface area contributed by atoms with Crippen LogP contribution in [0.5, 0.6) is 0 Å². The van der Waals surface area contributed by atoms with Crippen molar-refractivity contribution in [2.45, 2.75) is 32.2 Å². The molecule has 0 bridgehead atoms. The number of rotatable bonds is 5. The van der Waals surface area contributed by atoms with Crippen LogP contribution < -0.4 is 0 Å². The second-order valence-electron chi connectivity index (χ2n) is 5.32. The molecule has 0 aliphatic carbocycles. The highest BCUT2D eigenvalue weighted by Crippen LogP contribution is 2.16. The zero-order valence-electron chi connectivity index (χ0n) is 11.0. The Morgan fingerprint density at radius 2 is 1.67 bits per heavy atom. The van der Waals surface area contributed by atoms with E-state index < -0.39 is 0 Å². The third-order valence-electron chi connectivity index (χ3n) is 4.00. The minimum Gasteiger partial charge on any atom is -0.347 e. The maximum Gasteiger partial charge on any atom is 0.0480 e. The molecule has 1 aliphatic rings. The van der Waals surface area contributed by atoms with Crippen molar-refractivity contribution in [1.29, 1.82) is 0 Å². The summed E-state index contributed by atoms with van der Waals surface area (Å²) in [5.41, 5.74) is 1.37. The van der Waals surface area contributed by atoms with Gasteiger partial charge >= 0.3 is 0 Å². The average Bonchev–Trinajstić information content (AvgIpc) is 3.04. The molecule has 0 amide bonds. The monoisotopic (exact) mass is 242 g/mol. The first-order chi connectivity index (χ1) is 8.93. The molecule has 1 aromatic heterocycles. The van der Waals surface area contributed by atoms with Gasteiger partial charge in [-0.25, -0.2) is 0 Å². The lowest BCUT2D eigenvalue weighted by Crippen LogP contribution is -2.20. The lowest BCUT2D eigenvalue weighted by Gasteiger charge is -2.14. The predicted octanol–water partition coefficient (Wildman–Crippen LogP) is 3.52. The number of aryl methyl sites for hydroxylation is 1. The highest BCUT2D eigenvalue weighted by Gasteiger charge is 2.10. The lowest BCUT2D eigenvalue weighted by atomic mass is 10.2. The molecular weight excluding hydrogens is 220 g/mol. The second-order valence-corrected chi connectivity index (χ2v) is 5.32. The number of nitrogens with zero attached hydrogens (tertiary/aromatic N) is 2. The SMILES string of the molecule is c1ccc2c(c1)ccn2CCCCN1CCCC1. The molecule has 2 aromatic rings. The number of unbranched alkanes of at least 4 members (excludes halogenated alkanes) is 1. The van der Waals surface area contributed by atoms with E-state index in [1.165, 1.54) is 56.2 Å². The van der Waals surface area contributed by atoms with Gasteiger partial charge in [0.15, 0.2) is 0 Å². The van der Waals surface area contributed by atoms with Crippen molar-refractivity contribution in [3.05, 3.63) is 36.5 Å². The van der Waals surface area contributed by atoms with Gasteiger partial charge in [-0.3, -0.25) is 0 Å². The van der Waals surface area contributed by atoms with E-state index in [-0.39, 0.29) is 0 Å². The Kier molecular flexibility index (Phi) is 3.65. The van der Waals surface area contributed by atoms with E-state index in [2.05, 4.69) is 46.0 Å². The number of fused-ring (bicyclic) bond motifs is 1. The van der Waals surface area contributed by atoms with Gasteiger partial charge in [0.1, 0.15) is 0 Å². The fourth-order valence-corrected chi connectivity index (χ4v) is 2.96. The Balaban J connectivity index is 1.50. The summed E-state index contributed by atoms with van der Waals surface area (Å²) in [4.78, 5) is 2.60. The van der Waals surface area contributed by atoms with Crippen LogP contribution >= 0.6 is 0 Å². The molecule has 2 nitrogen and oxygen atoms in total. The minimum atomic E-state index is 1.15. The van der Waals surface area contributed by atoms with Gasteiger partial charge in [0.25, 0.3) is 0 Å². The van der Waals surface area contributed by atoms with Crippen LogP contribution in [0.3, 0.4) is 0 Å². The van der Waals surface area contributed by atoms with E-state index in [4.69, 9.17) is 0 Å². The summed E-state index contributed by atoms with van der Waals surface area (Å²) < 4.78 is 2.39. The molecule has 0 atom stereocenters. The Bertz CT molecular complexity index is 495. The number of para-hydroxylation sites is 1. The summed E-state index contributed by atoms with van der Waals surface area (Å²) in [7, 11) is 0. The van der Waals surface area contributed by atoms with Gasteiger partial charge in [0.2, 0.25) is 0 Å². The van der Waals surface area contributed by atoms with Crippen molar-refractivity contribution in [2.75, 3.05) is 19.6 Å². The van der Waals surface area contributed by atoms with Crippen LogP contribution in [0.25, 0.3) is 10.9 Å². The van der Waals surface area contributed by atoms with Gasteiger partial charge in [-0.1, -0.05) is 18.2 Å². The number of hydrogen-bond acceptors (Lipinski definition) is 1. The maximum atomic E-state index is 2.60. The molecule has 96 valence electrons. The molecule has 18 heavy (non-hydrogen) atoms. The summed E-state index contributed by atoms with van der Waals surface area (Å²) in [5, 5.41) is 1.36. The van der Waals surface area contributed by atoms with Crippen molar-refractivity contribution < 1.29 is 0 Å². The van der Waals surface area contributed by atoms with Gasteiger partial charge in [0.05, 0.1) is 0 Å². The second kappa shape index (κ2) is 5.57. The molecule has 3 rings (SSSR count). The van der Waals surface area contributed by atoms with Crippen molar-refractivity contribution >= 4 is 10.9 Å². The van der Waals surface area contributed by atoms with Gasteiger partial charge in [-0.15, -0.1) is 0 Å². The highest BCUT2D eigenvalue weighted by atomic mass is 15.1. The van der Waals surface area contributed by atoms with E-state index >= 15 is 0 Å². The molecule has 2 heteroatoms. The number of hydrogen-bond donors (Lipinski definition) is 0. The van der Waals surface area contributed by atoms with E-state index in [1.54, 1.807) is 0 Å². The van der Waals surface area contributed by atoms with Crippen LogP contribution in [0.1, 0.15) is 25.7 Å².